The van der Waals surface area contributed by atoms with Crippen LogP contribution in [0.25, 0.3) is 0 Å². The van der Waals surface area contributed by atoms with E-state index in [1.165, 1.54) is 0 Å². The van der Waals surface area contributed by atoms with Gasteiger partial charge < -0.3 is 14.2 Å². The molecule has 1 saturated heterocycles. The van der Waals surface area contributed by atoms with E-state index in [9.17, 15) is 0 Å². The quantitative estimate of drug-likeness (QED) is 0.854. The van der Waals surface area contributed by atoms with Gasteiger partial charge in [0.1, 0.15) is 17.1 Å². The summed E-state index contributed by atoms with van der Waals surface area (Å²) in [5.74, 6) is 1.71. The van der Waals surface area contributed by atoms with Gasteiger partial charge in [-0.1, -0.05) is 38.1 Å². The van der Waals surface area contributed by atoms with Gasteiger partial charge in [-0.2, -0.15) is 0 Å². The van der Waals surface area contributed by atoms with Crippen LogP contribution in [0, 0.1) is 5.41 Å². The number of methoxy groups -OCH3 is 2. The van der Waals surface area contributed by atoms with Crippen LogP contribution in [0.4, 0.5) is 0 Å². The number of hydrogen-bond donors (Lipinski definition) is 0. The standard InChI is InChI=1S/C19H22O3/c1-18(2)13-22-19(18,14-5-9-16(20-3)10-6-14)15-7-11-17(21-4)12-8-15/h5-12H,13H2,1-4H3. The topological polar surface area (TPSA) is 27.7 Å². The summed E-state index contributed by atoms with van der Waals surface area (Å²) in [6.07, 6.45) is 0. The van der Waals surface area contributed by atoms with Crippen molar-refractivity contribution in [2.75, 3.05) is 20.8 Å². The second-order valence-corrected chi connectivity index (χ2v) is 6.31. The van der Waals surface area contributed by atoms with Gasteiger partial charge in [0.05, 0.1) is 20.8 Å². The van der Waals surface area contributed by atoms with Crippen molar-refractivity contribution in [1.82, 2.24) is 0 Å². The van der Waals surface area contributed by atoms with Crippen LogP contribution in [-0.2, 0) is 10.3 Å². The molecule has 3 rings (SSSR count). The van der Waals surface area contributed by atoms with Crippen molar-refractivity contribution in [2.24, 2.45) is 5.41 Å². The molecule has 0 radical (unpaired) electrons. The second-order valence-electron chi connectivity index (χ2n) is 6.31. The Kier molecular flexibility index (Phi) is 3.61. The zero-order chi connectivity index (χ0) is 15.8. The fraction of sp³-hybridized carbons (Fsp3) is 0.368. The molecule has 1 fully saturated rings. The van der Waals surface area contributed by atoms with E-state index in [-0.39, 0.29) is 5.41 Å². The zero-order valence-electron chi connectivity index (χ0n) is 13.6. The van der Waals surface area contributed by atoms with Crippen LogP contribution in [0.2, 0.25) is 0 Å². The second kappa shape index (κ2) is 5.33. The van der Waals surface area contributed by atoms with Crippen molar-refractivity contribution in [3.05, 3.63) is 59.7 Å². The third kappa shape index (κ3) is 2.08. The van der Waals surface area contributed by atoms with E-state index >= 15 is 0 Å². The Balaban J connectivity index is 2.08. The maximum Gasteiger partial charge on any atom is 0.125 e. The molecule has 2 aromatic rings. The van der Waals surface area contributed by atoms with Gasteiger partial charge >= 0.3 is 0 Å². The molecule has 2 aromatic carbocycles. The summed E-state index contributed by atoms with van der Waals surface area (Å²) < 4.78 is 16.7. The highest BCUT2D eigenvalue weighted by Crippen LogP contribution is 2.56. The van der Waals surface area contributed by atoms with E-state index in [1.807, 2.05) is 24.3 Å². The van der Waals surface area contributed by atoms with E-state index in [4.69, 9.17) is 14.2 Å². The lowest BCUT2D eigenvalue weighted by Crippen LogP contribution is -2.58. The number of rotatable bonds is 4. The first-order chi connectivity index (χ1) is 10.5. The Bertz CT molecular complexity index is 594. The first-order valence-electron chi connectivity index (χ1n) is 7.46. The number of ether oxygens (including phenoxy) is 3. The van der Waals surface area contributed by atoms with E-state index in [0.29, 0.717) is 0 Å². The molecule has 22 heavy (non-hydrogen) atoms. The number of benzene rings is 2. The molecule has 0 atom stereocenters. The van der Waals surface area contributed by atoms with Gasteiger partial charge in [0.15, 0.2) is 0 Å². The highest BCUT2D eigenvalue weighted by atomic mass is 16.5. The van der Waals surface area contributed by atoms with E-state index in [0.717, 1.165) is 29.2 Å². The molecule has 0 bridgehead atoms. The minimum absolute atomic E-state index is 0.0240. The van der Waals surface area contributed by atoms with Crippen LogP contribution in [-0.4, -0.2) is 20.8 Å². The highest BCUT2D eigenvalue weighted by Gasteiger charge is 2.57. The van der Waals surface area contributed by atoms with Crippen molar-refractivity contribution in [3.8, 4) is 11.5 Å². The molecule has 1 heterocycles. The summed E-state index contributed by atoms with van der Waals surface area (Å²) in [5, 5.41) is 0. The molecule has 1 aliphatic heterocycles. The average molecular weight is 298 g/mol. The lowest BCUT2D eigenvalue weighted by atomic mass is 9.63. The van der Waals surface area contributed by atoms with Crippen LogP contribution in [0.5, 0.6) is 11.5 Å². The fourth-order valence-electron chi connectivity index (χ4n) is 3.27. The van der Waals surface area contributed by atoms with Crippen molar-refractivity contribution in [3.63, 3.8) is 0 Å². The van der Waals surface area contributed by atoms with Crippen LogP contribution in [0.1, 0.15) is 25.0 Å². The Morgan fingerprint density at radius 1 is 0.773 bits per heavy atom. The van der Waals surface area contributed by atoms with Gasteiger partial charge in [0, 0.05) is 5.41 Å². The Labute approximate surface area is 131 Å². The lowest BCUT2D eigenvalue weighted by molar-refractivity contribution is -0.235. The summed E-state index contributed by atoms with van der Waals surface area (Å²) in [4.78, 5) is 0. The van der Waals surface area contributed by atoms with Gasteiger partial charge in [-0.25, -0.2) is 0 Å². The molecular formula is C19H22O3. The minimum atomic E-state index is -0.425. The fourth-order valence-corrected chi connectivity index (χ4v) is 3.27. The molecule has 3 nitrogen and oxygen atoms in total. The first kappa shape index (κ1) is 14.9. The molecule has 0 spiro atoms. The average Bonchev–Trinajstić information content (AvgIpc) is 2.55. The molecule has 0 unspecified atom stereocenters. The van der Waals surface area contributed by atoms with Crippen LogP contribution < -0.4 is 9.47 Å². The molecular weight excluding hydrogens is 276 g/mol. The summed E-state index contributed by atoms with van der Waals surface area (Å²) in [5.41, 5.74) is 1.89. The zero-order valence-corrected chi connectivity index (χ0v) is 13.6. The van der Waals surface area contributed by atoms with Crippen LogP contribution >= 0.6 is 0 Å². The van der Waals surface area contributed by atoms with Gasteiger partial charge in [-0.05, 0) is 35.4 Å². The predicted octanol–water partition coefficient (Wildman–Crippen LogP) is 4.00. The van der Waals surface area contributed by atoms with Crippen molar-refractivity contribution in [2.45, 2.75) is 19.4 Å². The largest absolute Gasteiger partial charge is 0.497 e. The lowest BCUT2D eigenvalue weighted by Gasteiger charge is -2.56. The Morgan fingerprint density at radius 2 is 1.18 bits per heavy atom. The van der Waals surface area contributed by atoms with Crippen LogP contribution in [0.3, 0.4) is 0 Å². The first-order valence-corrected chi connectivity index (χ1v) is 7.46. The Morgan fingerprint density at radius 3 is 1.41 bits per heavy atom. The predicted molar refractivity (Wildman–Crippen MR) is 86.5 cm³/mol. The summed E-state index contributed by atoms with van der Waals surface area (Å²) in [6, 6.07) is 16.3. The SMILES string of the molecule is COc1ccc(C2(c3ccc(OC)cc3)OCC2(C)C)cc1. The Hall–Kier alpha value is -2.00. The van der Waals surface area contributed by atoms with Crippen molar-refractivity contribution in [1.29, 1.82) is 0 Å². The molecule has 0 N–H and O–H groups in total. The van der Waals surface area contributed by atoms with E-state index in [1.54, 1.807) is 14.2 Å². The maximum atomic E-state index is 6.17. The maximum absolute atomic E-state index is 6.17. The molecule has 0 amide bonds. The smallest absolute Gasteiger partial charge is 0.125 e. The minimum Gasteiger partial charge on any atom is -0.497 e. The van der Waals surface area contributed by atoms with Crippen molar-refractivity contribution >= 4 is 0 Å². The normalized spacial score (nSPS) is 18.4. The summed E-state index contributed by atoms with van der Waals surface area (Å²) in [7, 11) is 3.36. The van der Waals surface area contributed by atoms with Gasteiger partial charge in [0.2, 0.25) is 0 Å². The van der Waals surface area contributed by atoms with E-state index < -0.39 is 5.60 Å². The van der Waals surface area contributed by atoms with Gasteiger partial charge in [0.25, 0.3) is 0 Å². The van der Waals surface area contributed by atoms with Crippen LogP contribution in [0.15, 0.2) is 48.5 Å². The molecule has 0 aliphatic carbocycles. The molecule has 1 aliphatic rings. The van der Waals surface area contributed by atoms with E-state index in [2.05, 4.69) is 38.1 Å². The monoisotopic (exact) mass is 298 g/mol. The highest BCUT2D eigenvalue weighted by molar-refractivity contribution is 5.45. The summed E-state index contributed by atoms with van der Waals surface area (Å²) >= 11 is 0. The third-order valence-corrected chi connectivity index (χ3v) is 4.60. The molecule has 0 aromatic heterocycles. The van der Waals surface area contributed by atoms with Crippen molar-refractivity contribution < 1.29 is 14.2 Å². The van der Waals surface area contributed by atoms with Gasteiger partial charge in [-0.15, -0.1) is 0 Å². The number of hydrogen-bond acceptors (Lipinski definition) is 3. The third-order valence-electron chi connectivity index (χ3n) is 4.60. The summed E-state index contributed by atoms with van der Waals surface area (Å²) in [6.45, 7) is 5.22. The molecule has 3 heteroatoms. The molecule has 0 saturated carbocycles. The van der Waals surface area contributed by atoms with Gasteiger partial charge in [-0.3, -0.25) is 0 Å². The molecule has 116 valence electrons.